The second-order valence-electron chi connectivity index (χ2n) is 3.04. The van der Waals surface area contributed by atoms with Gasteiger partial charge in [0, 0.05) is 12.1 Å². The summed E-state index contributed by atoms with van der Waals surface area (Å²) in [7, 11) is 0. The van der Waals surface area contributed by atoms with Crippen molar-refractivity contribution in [2.24, 2.45) is 5.73 Å². The van der Waals surface area contributed by atoms with Crippen LogP contribution in [0.5, 0.6) is 0 Å². The van der Waals surface area contributed by atoms with Crippen molar-refractivity contribution in [1.29, 1.82) is 0 Å². The van der Waals surface area contributed by atoms with Crippen LogP contribution in [-0.4, -0.2) is 6.04 Å². The molecule has 0 aliphatic rings. The molecule has 13 heavy (non-hydrogen) atoms. The number of hydrogen-bond donors (Lipinski definition) is 1. The molecule has 1 nitrogen and oxygen atoms in total. The summed E-state index contributed by atoms with van der Waals surface area (Å²) < 4.78 is 26.1. The highest BCUT2D eigenvalue weighted by Crippen LogP contribution is 2.20. The second kappa shape index (κ2) is 4.15. The van der Waals surface area contributed by atoms with E-state index in [2.05, 4.69) is 15.9 Å². The molecule has 2 N–H and O–H groups in total. The van der Waals surface area contributed by atoms with E-state index in [1.807, 2.05) is 0 Å². The van der Waals surface area contributed by atoms with Gasteiger partial charge in [-0.05, 0) is 40.9 Å². The Bertz CT molecular complexity index is 313. The summed E-state index contributed by atoms with van der Waals surface area (Å²) in [6.45, 7) is 1.77. The molecule has 0 saturated carbocycles. The Morgan fingerprint density at radius 1 is 1.38 bits per heavy atom. The molecule has 0 fully saturated rings. The van der Waals surface area contributed by atoms with E-state index < -0.39 is 11.6 Å². The highest BCUT2D eigenvalue weighted by atomic mass is 79.9. The molecular formula is C9H10BrF2N. The third-order valence-corrected chi connectivity index (χ3v) is 2.24. The van der Waals surface area contributed by atoms with Crippen LogP contribution in [0.25, 0.3) is 0 Å². The van der Waals surface area contributed by atoms with Crippen LogP contribution in [0.4, 0.5) is 8.78 Å². The van der Waals surface area contributed by atoms with Gasteiger partial charge in [0.2, 0.25) is 0 Å². The quantitative estimate of drug-likeness (QED) is 0.802. The molecule has 1 atom stereocenters. The second-order valence-corrected chi connectivity index (χ2v) is 3.89. The predicted molar refractivity (Wildman–Crippen MR) is 51.4 cm³/mol. The van der Waals surface area contributed by atoms with Gasteiger partial charge in [0.1, 0.15) is 11.6 Å². The number of rotatable bonds is 2. The molecule has 1 unspecified atom stereocenters. The van der Waals surface area contributed by atoms with Gasteiger partial charge < -0.3 is 5.73 Å². The zero-order valence-electron chi connectivity index (χ0n) is 7.15. The summed E-state index contributed by atoms with van der Waals surface area (Å²) in [6, 6.07) is 2.15. The van der Waals surface area contributed by atoms with Gasteiger partial charge in [-0.3, -0.25) is 0 Å². The van der Waals surface area contributed by atoms with Crippen molar-refractivity contribution >= 4 is 15.9 Å². The van der Waals surface area contributed by atoms with Gasteiger partial charge in [0.05, 0.1) is 4.47 Å². The van der Waals surface area contributed by atoms with Crippen LogP contribution < -0.4 is 5.73 Å². The lowest BCUT2D eigenvalue weighted by molar-refractivity contribution is 0.561. The van der Waals surface area contributed by atoms with Gasteiger partial charge in [-0.25, -0.2) is 8.78 Å². The maximum absolute atomic E-state index is 13.1. The maximum Gasteiger partial charge on any atom is 0.140 e. The molecule has 72 valence electrons. The standard InChI is InChI=1S/C9H10BrF2N/c1-5(13)2-6-3-7(10)9(12)4-8(6)11/h3-5H,2,13H2,1H3. The molecule has 0 radical (unpaired) electrons. The van der Waals surface area contributed by atoms with Gasteiger partial charge in [-0.2, -0.15) is 0 Å². The molecule has 1 aromatic rings. The summed E-state index contributed by atoms with van der Waals surface area (Å²) in [5.74, 6) is -1.14. The van der Waals surface area contributed by atoms with Gasteiger partial charge in [0.25, 0.3) is 0 Å². The van der Waals surface area contributed by atoms with E-state index in [0.717, 1.165) is 6.07 Å². The summed E-state index contributed by atoms with van der Waals surface area (Å²) >= 11 is 2.99. The minimum atomic E-state index is -0.592. The zero-order valence-corrected chi connectivity index (χ0v) is 8.74. The molecule has 0 heterocycles. The van der Waals surface area contributed by atoms with Gasteiger partial charge in [0.15, 0.2) is 0 Å². The molecule has 1 aromatic carbocycles. The zero-order chi connectivity index (χ0) is 10.0. The fourth-order valence-electron chi connectivity index (χ4n) is 1.07. The summed E-state index contributed by atoms with van der Waals surface area (Å²) in [5.41, 5.74) is 5.94. The highest BCUT2D eigenvalue weighted by Gasteiger charge is 2.09. The molecule has 0 saturated heterocycles. The first-order valence-electron chi connectivity index (χ1n) is 3.89. The molecule has 0 bridgehead atoms. The number of benzene rings is 1. The van der Waals surface area contributed by atoms with E-state index in [1.54, 1.807) is 6.92 Å². The van der Waals surface area contributed by atoms with E-state index >= 15 is 0 Å². The molecule has 0 aromatic heterocycles. The lowest BCUT2D eigenvalue weighted by Gasteiger charge is -2.07. The third kappa shape index (κ3) is 2.74. The van der Waals surface area contributed by atoms with E-state index in [4.69, 9.17) is 5.73 Å². The predicted octanol–water partition coefficient (Wildman–Crippen LogP) is 2.62. The third-order valence-electron chi connectivity index (χ3n) is 1.63. The molecule has 0 spiro atoms. The minimum absolute atomic E-state index is 0.133. The monoisotopic (exact) mass is 249 g/mol. The van der Waals surface area contributed by atoms with E-state index in [1.165, 1.54) is 6.07 Å². The van der Waals surface area contributed by atoms with Crippen LogP contribution >= 0.6 is 15.9 Å². The average molecular weight is 250 g/mol. The largest absolute Gasteiger partial charge is 0.328 e. The Hall–Kier alpha value is -0.480. The van der Waals surface area contributed by atoms with Gasteiger partial charge in [-0.1, -0.05) is 0 Å². The Kier molecular flexibility index (Phi) is 3.39. The lowest BCUT2D eigenvalue weighted by atomic mass is 10.1. The smallest absolute Gasteiger partial charge is 0.140 e. The number of halogens is 3. The van der Waals surface area contributed by atoms with Crippen molar-refractivity contribution in [3.63, 3.8) is 0 Å². The normalized spacial score (nSPS) is 13.0. The topological polar surface area (TPSA) is 26.0 Å². The molecule has 0 aliphatic carbocycles. The maximum atomic E-state index is 13.1. The summed E-state index contributed by atoms with van der Waals surface area (Å²) in [4.78, 5) is 0. The first kappa shape index (κ1) is 10.6. The molecular weight excluding hydrogens is 240 g/mol. The fraction of sp³-hybridized carbons (Fsp3) is 0.333. The van der Waals surface area contributed by atoms with Crippen molar-refractivity contribution in [3.8, 4) is 0 Å². The Balaban J connectivity index is 3.01. The molecule has 1 rings (SSSR count). The number of nitrogens with two attached hydrogens (primary N) is 1. The molecule has 4 heteroatoms. The highest BCUT2D eigenvalue weighted by molar-refractivity contribution is 9.10. The first-order chi connectivity index (χ1) is 6.00. The van der Waals surface area contributed by atoms with Crippen molar-refractivity contribution in [3.05, 3.63) is 33.8 Å². The van der Waals surface area contributed by atoms with Crippen molar-refractivity contribution in [1.82, 2.24) is 0 Å². The van der Waals surface area contributed by atoms with Crippen LogP contribution in [0, 0.1) is 11.6 Å². The Morgan fingerprint density at radius 2 is 2.00 bits per heavy atom. The number of hydrogen-bond acceptors (Lipinski definition) is 1. The van der Waals surface area contributed by atoms with Crippen LogP contribution in [0.2, 0.25) is 0 Å². The van der Waals surface area contributed by atoms with Crippen LogP contribution in [0.1, 0.15) is 12.5 Å². The molecule has 0 aliphatic heterocycles. The van der Waals surface area contributed by atoms with Gasteiger partial charge in [-0.15, -0.1) is 0 Å². The van der Waals surface area contributed by atoms with Crippen LogP contribution in [0.3, 0.4) is 0 Å². The van der Waals surface area contributed by atoms with Crippen molar-refractivity contribution in [2.75, 3.05) is 0 Å². The lowest BCUT2D eigenvalue weighted by Crippen LogP contribution is -2.18. The summed E-state index contributed by atoms with van der Waals surface area (Å²) in [5, 5.41) is 0. The van der Waals surface area contributed by atoms with E-state index in [9.17, 15) is 8.78 Å². The first-order valence-corrected chi connectivity index (χ1v) is 4.69. The average Bonchev–Trinajstić information content (AvgIpc) is 1.99. The SMILES string of the molecule is CC(N)Cc1cc(Br)c(F)cc1F. The van der Waals surface area contributed by atoms with Crippen LogP contribution in [0.15, 0.2) is 16.6 Å². The Labute approximate surface area is 84.1 Å². The Morgan fingerprint density at radius 3 is 2.54 bits per heavy atom. The van der Waals surface area contributed by atoms with Crippen LogP contribution in [-0.2, 0) is 6.42 Å². The van der Waals surface area contributed by atoms with E-state index in [0.29, 0.717) is 12.0 Å². The minimum Gasteiger partial charge on any atom is -0.328 e. The van der Waals surface area contributed by atoms with E-state index in [-0.39, 0.29) is 10.5 Å². The molecule has 0 amide bonds. The van der Waals surface area contributed by atoms with Crippen molar-refractivity contribution in [2.45, 2.75) is 19.4 Å². The summed E-state index contributed by atoms with van der Waals surface area (Å²) in [6.07, 6.45) is 0.407. The van der Waals surface area contributed by atoms with Gasteiger partial charge >= 0.3 is 0 Å². The fourth-order valence-corrected chi connectivity index (χ4v) is 1.46. The van der Waals surface area contributed by atoms with Crippen molar-refractivity contribution < 1.29 is 8.78 Å².